The Hall–Kier alpha value is -0.120. The third kappa shape index (κ3) is 26.0. The Kier molecular flexibility index (Phi) is 27.8. The van der Waals surface area contributed by atoms with E-state index in [-0.39, 0.29) is 13.2 Å². The van der Waals surface area contributed by atoms with E-state index in [0.717, 1.165) is 6.54 Å². The molecule has 0 aliphatic heterocycles. The summed E-state index contributed by atoms with van der Waals surface area (Å²) in [7, 11) is 0. The van der Waals surface area contributed by atoms with Gasteiger partial charge in [0, 0.05) is 13.1 Å². The first-order valence-electron chi connectivity index (χ1n) is 14.3. The quantitative estimate of drug-likeness (QED) is 0.127. The summed E-state index contributed by atoms with van der Waals surface area (Å²) in [5.74, 6) is 0. The van der Waals surface area contributed by atoms with Crippen LogP contribution in [0.2, 0.25) is 0 Å². The highest BCUT2D eigenvalue weighted by Crippen LogP contribution is 2.15. The van der Waals surface area contributed by atoms with Gasteiger partial charge in [0.25, 0.3) is 0 Å². The van der Waals surface area contributed by atoms with Crippen LogP contribution >= 0.6 is 0 Å². The van der Waals surface area contributed by atoms with Crippen LogP contribution in [0.5, 0.6) is 0 Å². The Balaban J connectivity index is 3.11. The van der Waals surface area contributed by atoms with Crippen LogP contribution in [0.15, 0.2) is 0 Å². The van der Waals surface area contributed by atoms with E-state index < -0.39 is 0 Å². The first-order valence-corrected chi connectivity index (χ1v) is 14.3. The largest absolute Gasteiger partial charge is 0.395 e. The Labute approximate surface area is 196 Å². The van der Waals surface area contributed by atoms with Crippen LogP contribution in [0.25, 0.3) is 0 Å². The smallest absolute Gasteiger partial charge is 0.0558 e. The van der Waals surface area contributed by atoms with Crippen LogP contribution in [0.3, 0.4) is 0 Å². The van der Waals surface area contributed by atoms with Gasteiger partial charge >= 0.3 is 0 Å². The van der Waals surface area contributed by atoms with Crippen LogP contribution in [0.1, 0.15) is 148 Å². The molecule has 0 aromatic carbocycles. The summed E-state index contributed by atoms with van der Waals surface area (Å²) in [6.45, 7) is 5.08. The lowest BCUT2D eigenvalue weighted by Crippen LogP contribution is -2.30. The predicted octanol–water partition coefficient (Wildman–Crippen LogP) is 7.88. The molecule has 0 spiro atoms. The van der Waals surface area contributed by atoms with Crippen molar-refractivity contribution < 1.29 is 10.2 Å². The van der Waals surface area contributed by atoms with Gasteiger partial charge in [-0.05, 0) is 13.0 Å². The highest BCUT2D eigenvalue weighted by Gasteiger charge is 2.02. The number of unbranched alkanes of at least 4 members (excludes halogenated alkanes) is 21. The maximum Gasteiger partial charge on any atom is 0.0558 e. The molecule has 188 valence electrons. The average molecular weight is 442 g/mol. The van der Waals surface area contributed by atoms with Crippen LogP contribution in [0.4, 0.5) is 0 Å². The predicted molar refractivity (Wildman–Crippen MR) is 138 cm³/mol. The Morgan fingerprint density at radius 1 is 0.355 bits per heavy atom. The van der Waals surface area contributed by atoms with Gasteiger partial charge in [-0.2, -0.15) is 0 Å². The molecule has 0 radical (unpaired) electrons. The lowest BCUT2D eigenvalue weighted by molar-refractivity contribution is 0.159. The first kappa shape index (κ1) is 30.9. The second kappa shape index (κ2) is 27.9. The van der Waals surface area contributed by atoms with Crippen molar-refractivity contribution in [2.45, 2.75) is 148 Å². The molecule has 0 amide bonds. The van der Waals surface area contributed by atoms with Gasteiger partial charge in [0.15, 0.2) is 0 Å². The lowest BCUT2D eigenvalue weighted by atomic mass is 10.0. The zero-order chi connectivity index (χ0) is 22.7. The molecule has 0 aromatic heterocycles. The number of nitrogens with zero attached hydrogens (tertiary/aromatic N) is 1. The molecule has 31 heavy (non-hydrogen) atoms. The van der Waals surface area contributed by atoms with Crippen LogP contribution < -0.4 is 0 Å². The molecular weight excluding hydrogens is 382 g/mol. The van der Waals surface area contributed by atoms with Crippen molar-refractivity contribution in [3.63, 3.8) is 0 Å². The highest BCUT2D eigenvalue weighted by molar-refractivity contribution is 4.57. The molecule has 3 heteroatoms. The van der Waals surface area contributed by atoms with Crippen molar-refractivity contribution in [1.82, 2.24) is 4.90 Å². The Morgan fingerprint density at radius 2 is 0.613 bits per heavy atom. The van der Waals surface area contributed by atoms with Crippen molar-refractivity contribution in [3.05, 3.63) is 0 Å². The van der Waals surface area contributed by atoms with Crippen molar-refractivity contribution in [2.24, 2.45) is 0 Å². The Bertz CT molecular complexity index is 305. The number of hydrogen-bond donors (Lipinski definition) is 2. The summed E-state index contributed by atoms with van der Waals surface area (Å²) in [4.78, 5) is 2.16. The zero-order valence-electron chi connectivity index (χ0n) is 21.4. The molecule has 0 aliphatic carbocycles. The molecule has 0 atom stereocenters. The van der Waals surface area contributed by atoms with E-state index in [0.29, 0.717) is 13.1 Å². The maximum absolute atomic E-state index is 9.02. The first-order chi connectivity index (χ1) is 15.3. The van der Waals surface area contributed by atoms with Crippen LogP contribution in [-0.4, -0.2) is 48.0 Å². The van der Waals surface area contributed by atoms with Crippen LogP contribution in [-0.2, 0) is 0 Å². The molecule has 0 rings (SSSR count). The van der Waals surface area contributed by atoms with Gasteiger partial charge in [-0.1, -0.05) is 142 Å². The number of aliphatic hydroxyl groups is 2. The molecule has 2 N–H and O–H groups in total. The average Bonchev–Trinajstić information content (AvgIpc) is 2.77. The molecule has 3 nitrogen and oxygen atoms in total. The minimum Gasteiger partial charge on any atom is -0.395 e. The van der Waals surface area contributed by atoms with E-state index in [1.54, 1.807) is 0 Å². The van der Waals surface area contributed by atoms with E-state index >= 15 is 0 Å². The summed E-state index contributed by atoms with van der Waals surface area (Å²) in [6.07, 6.45) is 31.2. The highest BCUT2D eigenvalue weighted by atomic mass is 16.3. The van der Waals surface area contributed by atoms with E-state index in [1.807, 2.05) is 0 Å². The normalized spacial score (nSPS) is 11.6. The number of aliphatic hydroxyl groups excluding tert-OH is 2. The Morgan fingerprint density at radius 3 is 0.871 bits per heavy atom. The van der Waals surface area contributed by atoms with E-state index in [2.05, 4.69) is 11.8 Å². The molecule has 0 aliphatic rings. The van der Waals surface area contributed by atoms with Crippen molar-refractivity contribution in [2.75, 3.05) is 32.8 Å². The van der Waals surface area contributed by atoms with Crippen LogP contribution in [0, 0.1) is 0 Å². The molecule has 0 unspecified atom stereocenters. The SMILES string of the molecule is CCCCCCCCCCCCCCCCCCCCCCCCN(CCO)CCO. The maximum atomic E-state index is 9.02. The summed E-state index contributed by atoms with van der Waals surface area (Å²) >= 11 is 0. The summed E-state index contributed by atoms with van der Waals surface area (Å²) in [5, 5.41) is 18.0. The zero-order valence-corrected chi connectivity index (χ0v) is 21.4. The monoisotopic (exact) mass is 441 g/mol. The van der Waals surface area contributed by atoms with Gasteiger partial charge in [-0.3, -0.25) is 4.90 Å². The lowest BCUT2D eigenvalue weighted by Gasteiger charge is -2.19. The fraction of sp³-hybridized carbons (Fsp3) is 1.00. The fourth-order valence-corrected chi connectivity index (χ4v) is 4.56. The number of hydrogen-bond acceptors (Lipinski definition) is 3. The van der Waals surface area contributed by atoms with Crippen molar-refractivity contribution in [1.29, 1.82) is 0 Å². The number of rotatable bonds is 27. The van der Waals surface area contributed by atoms with Gasteiger partial charge in [0.1, 0.15) is 0 Å². The van der Waals surface area contributed by atoms with Gasteiger partial charge in [0.2, 0.25) is 0 Å². The third-order valence-electron chi connectivity index (χ3n) is 6.66. The minimum atomic E-state index is 0.194. The molecule has 0 aromatic rings. The molecule has 0 fully saturated rings. The van der Waals surface area contributed by atoms with Crippen molar-refractivity contribution in [3.8, 4) is 0 Å². The second-order valence-electron chi connectivity index (χ2n) is 9.71. The molecular formula is C28H59NO2. The van der Waals surface area contributed by atoms with Gasteiger partial charge < -0.3 is 10.2 Å². The van der Waals surface area contributed by atoms with Gasteiger partial charge in [-0.15, -0.1) is 0 Å². The molecule has 0 saturated carbocycles. The third-order valence-corrected chi connectivity index (χ3v) is 6.66. The molecule has 0 heterocycles. The van der Waals surface area contributed by atoms with E-state index in [1.165, 1.54) is 141 Å². The van der Waals surface area contributed by atoms with E-state index in [4.69, 9.17) is 10.2 Å². The topological polar surface area (TPSA) is 43.7 Å². The van der Waals surface area contributed by atoms with Crippen molar-refractivity contribution >= 4 is 0 Å². The summed E-state index contributed by atoms with van der Waals surface area (Å²) in [6, 6.07) is 0. The molecule has 0 saturated heterocycles. The second-order valence-corrected chi connectivity index (χ2v) is 9.71. The minimum absolute atomic E-state index is 0.194. The van der Waals surface area contributed by atoms with E-state index in [9.17, 15) is 0 Å². The summed E-state index contributed by atoms with van der Waals surface area (Å²) < 4.78 is 0. The molecule has 0 bridgehead atoms. The summed E-state index contributed by atoms with van der Waals surface area (Å²) in [5.41, 5.74) is 0. The van der Waals surface area contributed by atoms with Gasteiger partial charge in [0.05, 0.1) is 13.2 Å². The van der Waals surface area contributed by atoms with Gasteiger partial charge in [-0.25, -0.2) is 0 Å². The fourth-order valence-electron chi connectivity index (χ4n) is 4.56. The standard InChI is InChI=1S/C28H59NO2/c1-2-3-4-5-6-7-8-9-10-11-12-13-14-15-16-17-18-19-20-21-22-23-24-29(25-27-30)26-28-31/h30-31H,2-28H2,1H3.